The molecular weight excluding hydrogens is 383 g/mol. The number of hydrogen-bond acceptors (Lipinski definition) is 4. The van der Waals surface area contributed by atoms with Gasteiger partial charge in [0.25, 0.3) is 5.52 Å². The zero-order chi connectivity index (χ0) is 20.9. The molecule has 5 heteroatoms. The molecule has 0 aliphatic heterocycles. The second-order valence-corrected chi connectivity index (χ2v) is 8.16. The largest absolute Gasteiger partial charge is 0.503 e. The lowest BCUT2D eigenvalue weighted by Crippen LogP contribution is -2.12. The van der Waals surface area contributed by atoms with E-state index in [1.54, 1.807) is 84.9 Å². The van der Waals surface area contributed by atoms with Crippen LogP contribution in [0.25, 0.3) is 12.2 Å². The fraction of sp³-hybridized carbons (Fsp3) is 0.0417. The van der Waals surface area contributed by atoms with Crippen LogP contribution in [0.3, 0.4) is 0 Å². The first kappa shape index (κ1) is 20.4. The van der Waals surface area contributed by atoms with Crippen molar-refractivity contribution in [2.24, 2.45) is 0 Å². The molecule has 0 atom stereocenters. The minimum Gasteiger partial charge on any atom is -0.411 e. The molecule has 3 aromatic carbocycles. The van der Waals surface area contributed by atoms with Crippen LogP contribution < -0.4 is 9.05 Å². The van der Waals surface area contributed by atoms with E-state index in [9.17, 15) is 9.36 Å². The SMILES string of the molecule is C=Cc1ccc(OP(=O)(Oc2ccc(C=C)cc2)C(=O)c2ccc(C)cc2)cc1. The Kier molecular flexibility index (Phi) is 6.16. The molecule has 29 heavy (non-hydrogen) atoms. The van der Waals surface area contributed by atoms with Crippen molar-refractivity contribution in [3.63, 3.8) is 0 Å². The van der Waals surface area contributed by atoms with Crippen LogP contribution in [0.4, 0.5) is 0 Å². The highest BCUT2D eigenvalue weighted by atomic mass is 31.2. The molecule has 0 radical (unpaired) electrons. The summed E-state index contributed by atoms with van der Waals surface area (Å²) in [4.78, 5) is 13.1. The van der Waals surface area contributed by atoms with Crippen LogP contribution in [0.15, 0.2) is 86.0 Å². The van der Waals surface area contributed by atoms with Crippen LogP contribution in [-0.4, -0.2) is 5.52 Å². The van der Waals surface area contributed by atoms with Gasteiger partial charge < -0.3 is 9.05 Å². The minimum atomic E-state index is -4.23. The van der Waals surface area contributed by atoms with Gasteiger partial charge in [0.15, 0.2) is 0 Å². The van der Waals surface area contributed by atoms with E-state index in [2.05, 4.69) is 13.2 Å². The number of carbonyl (C=O) groups excluding carboxylic acids is 1. The maximum atomic E-state index is 13.6. The van der Waals surface area contributed by atoms with Crippen LogP contribution >= 0.6 is 7.60 Å². The van der Waals surface area contributed by atoms with Gasteiger partial charge in [-0.15, -0.1) is 0 Å². The zero-order valence-corrected chi connectivity index (χ0v) is 17.0. The second kappa shape index (κ2) is 8.76. The van der Waals surface area contributed by atoms with Crippen LogP contribution in [0.5, 0.6) is 11.5 Å². The van der Waals surface area contributed by atoms with Crippen molar-refractivity contribution in [1.29, 1.82) is 0 Å². The Morgan fingerprint density at radius 1 is 0.759 bits per heavy atom. The summed E-state index contributed by atoms with van der Waals surface area (Å²) >= 11 is 0. The molecule has 0 spiro atoms. The average Bonchev–Trinajstić information content (AvgIpc) is 2.75. The van der Waals surface area contributed by atoms with Gasteiger partial charge in [0, 0.05) is 5.56 Å². The molecule has 0 saturated carbocycles. The Bertz CT molecular complexity index is 1010. The van der Waals surface area contributed by atoms with Gasteiger partial charge in [-0.1, -0.05) is 79.4 Å². The van der Waals surface area contributed by atoms with Crippen LogP contribution in [0.2, 0.25) is 0 Å². The quantitative estimate of drug-likeness (QED) is 0.389. The van der Waals surface area contributed by atoms with Gasteiger partial charge in [0.1, 0.15) is 11.5 Å². The average molecular weight is 404 g/mol. The van der Waals surface area contributed by atoms with Gasteiger partial charge in [0.2, 0.25) is 0 Å². The van der Waals surface area contributed by atoms with Gasteiger partial charge in [-0.05, 0) is 42.3 Å². The molecule has 0 aromatic heterocycles. The molecule has 0 fully saturated rings. The van der Waals surface area contributed by atoms with Gasteiger partial charge >= 0.3 is 7.60 Å². The van der Waals surface area contributed by atoms with Crippen molar-refractivity contribution in [2.75, 3.05) is 0 Å². The summed E-state index contributed by atoms with van der Waals surface area (Å²) in [6.45, 7) is 9.30. The van der Waals surface area contributed by atoms with E-state index in [0.717, 1.165) is 16.7 Å². The van der Waals surface area contributed by atoms with Gasteiger partial charge in [-0.2, -0.15) is 0 Å². The van der Waals surface area contributed by atoms with E-state index in [0.29, 0.717) is 0 Å². The number of aryl methyl sites for hydroxylation is 1. The maximum Gasteiger partial charge on any atom is 0.503 e. The Labute approximate surface area is 170 Å². The van der Waals surface area contributed by atoms with Gasteiger partial charge in [-0.25, -0.2) is 4.57 Å². The Hall–Kier alpha value is -3.36. The van der Waals surface area contributed by atoms with Crippen molar-refractivity contribution < 1.29 is 18.4 Å². The first-order valence-corrected chi connectivity index (χ1v) is 10.5. The number of benzene rings is 3. The first-order valence-electron chi connectivity index (χ1n) is 8.99. The topological polar surface area (TPSA) is 52.6 Å². The standard InChI is InChI=1S/C24H21O4P/c1-4-19-8-14-22(15-9-19)27-29(26,24(25)21-12-6-18(3)7-13-21)28-23-16-10-20(5-2)11-17-23/h4-17H,1-2H2,3H3. The Morgan fingerprint density at radius 2 is 1.17 bits per heavy atom. The highest BCUT2D eigenvalue weighted by Gasteiger charge is 2.39. The van der Waals surface area contributed by atoms with Gasteiger partial charge in [0.05, 0.1) is 0 Å². The molecule has 4 nitrogen and oxygen atoms in total. The third-order valence-electron chi connectivity index (χ3n) is 4.23. The fourth-order valence-electron chi connectivity index (χ4n) is 2.56. The summed E-state index contributed by atoms with van der Waals surface area (Å²) < 4.78 is 24.9. The number of hydrogen-bond donors (Lipinski definition) is 0. The summed E-state index contributed by atoms with van der Waals surface area (Å²) in [6.07, 6.45) is 3.36. The lowest BCUT2D eigenvalue weighted by molar-refractivity contribution is 0.104. The zero-order valence-electron chi connectivity index (χ0n) is 16.1. The van der Waals surface area contributed by atoms with E-state index in [-0.39, 0.29) is 17.1 Å². The van der Waals surface area contributed by atoms with E-state index in [4.69, 9.17) is 9.05 Å². The normalized spacial score (nSPS) is 10.8. The number of rotatable bonds is 8. The van der Waals surface area contributed by atoms with Crippen molar-refractivity contribution in [1.82, 2.24) is 0 Å². The Morgan fingerprint density at radius 3 is 1.55 bits per heavy atom. The molecule has 0 unspecified atom stereocenters. The predicted octanol–water partition coefficient (Wildman–Crippen LogP) is 6.77. The predicted molar refractivity (Wildman–Crippen MR) is 117 cm³/mol. The molecule has 0 aliphatic rings. The van der Waals surface area contributed by atoms with Crippen LogP contribution in [0.1, 0.15) is 27.0 Å². The molecule has 0 amide bonds. The van der Waals surface area contributed by atoms with Crippen molar-refractivity contribution >= 4 is 25.3 Å². The van der Waals surface area contributed by atoms with E-state index < -0.39 is 13.1 Å². The highest BCUT2D eigenvalue weighted by molar-refractivity contribution is 7.73. The molecule has 0 heterocycles. The monoisotopic (exact) mass is 404 g/mol. The van der Waals surface area contributed by atoms with E-state index in [1.165, 1.54) is 0 Å². The fourth-order valence-corrected chi connectivity index (χ4v) is 4.03. The van der Waals surface area contributed by atoms with Crippen LogP contribution in [0, 0.1) is 6.92 Å². The first-order chi connectivity index (χ1) is 13.9. The lowest BCUT2D eigenvalue weighted by Gasteiger charge is -2.19. The smallest absolute Gasteiger partial charge is 0.411 e. The Balaban J connectivity index is 1.96. The van der Waals surface area contributed by atoms with E-state index >= 15 is 0 Å². The maximum absolute atomic E-state index is 13.6. The second-order valence-electron chi connectivity index (χ2n) is 6.40. The van der Waals surface area contributed by atoms with Crippen molar-refractivity contribution in [3.05, 3.63) is 108 Å². The third-order valence-corrected chi connectivity index (χ3v) is 5.89. The van der Waals surface area contributed by atoms with Gasteiger partial charge in [-0.3, -0.25) is 4.79 Å². The van der Waals surface area contributed by atoms with E-state index in [1.807, 2.05) is 6.92 Å². The lowest BCUT2D eigenvalue weighted by atomic mass is 10.2. The van der Waals surface area contributed by atoms with Crippen molar-refractivity contribution in [2.45, 2.75) is 6.92 Å². The third kappa shape index (κ3) is 4.92. The number of carbonyl (C=O) groups is 1. The summed E-state index contributed by atoms with van der Waals surface area (Å²) in [5, 5.41) is 0. The molecule has 0 bridgehead atoms. The summed E-state index contributed by atoms with van der Waals surface area (Å²) in [6, 6.07) is 20.3. The molecule has 146 valence electrons. The van der Waals surface area contributed by atoms with Crippen molar-refractivity contribution in [3.8, 4) is 11.5 Å². The molecule has 0 aliphatic carbocycles. The summed E-state index contributed by atoms with van der Waals surface area (Å²) in [5.41, 5.74) is 2.27. The molecular formula is C24H21O4P. The molecule has 0 N–H and O–H groups in total. The minimum absolute atomic E-state index is 0.254. The molecule has 3 aromatic rings. The molecule has 3 rings (SSSR count). The van der Waals surface area contributed by atoms with Crippen LogP contribution in [-0.2, 0) is 4.57 Å². The summed E-state index contributed by atoms with van der Waals surface area (Å²) in [7, 11) is -4.23. The highest BCUT2D eigenvalue weighted by Crippen LogP contribution is 2.51. The summed E-state index contributed by atoms with van der Waals surface area (Å²) in [5.74, 6) is 0.532. The molecule has 0 saturated heterocycles.